The summed E-state index contributed by atoms with van der Waals surface area (Å²) in [7, 11) is 0. The van der Waals surface area contributed by atoms with Crippen LogP contribution in [0.4, 0.5) is 30.8 Å². The van der Waals surface area contributed by atoms with Gasteiger partial charge in [-0.1, -0.05) is 18.2 Å². The van der Waals surface area contributed by atoms with Crippen molar-refractivity contribution in [3.8, 4) is 11.8 Å². The minimum Gasteiger partial charge on any atom is -0.382 e. The molecule has 0 saturated heterocycles. The molecule has 12 heteroatoms. The Bertz CT molecular complexity index is 1530. The van der Waals surface area contributed by atoms with Gasteiger partial charge in [0.1, 0.15) is 34.5 Å². The number of alkyl halides is 2. The Kier molecular flexibility index (Phi) is 6.24. The second kappa shape index (κ2) is 9.30. The summed E-state index contributed by atoms with van der Waals surface area (Å²) in [6.07, 6.45) is -3.11. The average Bonchev–Trinajstić information content (AvgIpc) is 2.78. The maximum absolute atomic E-state index is 14.6. The third kappa shape index (κ3) is 4.56. The van der Waals surface area contributed by atoms with E-state index < -0.39 is 30.3 Å². The summed E-state index contributed by atoms with van der Waals surface area (Å²) >= 11 is 0. The number of nitrogen functional groups attached to an aromatic ring is 2. The lowest BCUT2D eigenvalue weighted by molar-refractivity contribution is 0.149. The van der Waals surface area contributed by atoms with E-state index in [1.807, 2.05) is 6.07 Å². The van der Waals surface area contributed by atoms with E-state index in [1.165, 1.54) is 36.4 Å². The van der Waals surface area contributed by atoms with Crippen LogP contribution in [0.15, 0.2) is 47.3 Å². The van der Waals surface area contributed by atoms with Crippen LogP contribution >= 0.6 is 0 Å². The molecule has 5 N–H and O–H groups in total. The molecule has 35 heavy (non-hydrogen) atoms. The fourth-order valence-corrected chi connectivity index (χ4v) is 3.73. The van der Waals surface area contributed by atoms with Crippen LogP contribution in [-0.2, 0) is 6.42 Å². The molecule has 0 radical (unpaired) electrons. The van der Waals surface area contributed by atoms with E-state index in [1.54, 1.807) is 6.92 Å². The topological polar surface area (TPSA) is 149 Å². The molecular formula is C23H19F3N8O. The second-order valence-electron chi connectivity index (χ2n) is 7.68. The Morgan fingerprint density at radius 3 is 2.60 bits per heavy atom. The van der Waals surface area contributed by atoms with E-state index in [0.717, 1.165) is 10.6 Å². The number of rotatable bonds is 6. The first-order valence-electron chi connectivity index (χ1n) is 10.4. The van der Waals surface area contributed by atoms with E-state index in [0.29, 0.717) is 0 Å². The lowest BCUT2D eigenvalue weighted by Crippen LogP contribution is -2.28. The van der Waals surface area contributed by atoms with Gasteiger partial charge in [-0.25, -0.2) is 18.2 Å². The minimum absolute atomic E-state index is 0.0107. The first-order chi connectivity index (χ1) is 16.7. The van der Waals surface area contributed by atoms with Crippen molar-refractivity contribution in [2.45, 2.75) is 25.8 Å². The highest BCUT2D eigenvalue weighted by molar-refractivity contribution is 5.79. The van der Waals surface area contributed by atoms with E-state index in [4.69, 9.17) is 11.5 Å². The van der Waals surface area contributed by atoms with Gasteiger partial charge < -0.3 is 16.8 Å². The van der Waals surface area contributed by atoms with Gasteiger partial charge in [0.2, 0.25) is 12.4 Å². The van der Waals surface area contributed by atoms with Crippen molar-refractivity contribution in [2.75, 3.05) is 16.8 Å². The van der Waals surface area contributed by atoms with Crippen LogP contribution in [0.2, 0.25) is 0 Å². The van der Waals surface area contributed by atoms with Crippen molar-refractivity contribution in [2.24, 2.45) is 0 Å². The predicted octanol–water partition coefficient (Wildman–Crippen LogP) is 3.33. The summed E-state index contributed by atoms with van der Waals surface area (Å²) in [5.74, 6) is -0.964. The molecule has 9 nitrogen and oxygen atoms in total. The van der Waals surface area contributed by atoms with Gasteiger partial charge in [0.05, 0.1) is 17.2 Å². The molecule has 2 heterocycles. The summed E-state index contributed by atoms with van der Waals surface area (Å²) in [6.45, 7) is 1.63. The predicted molar refractivity (Wildman–Crippen MR) is 125 cm³/mol. The molecule has 0 aliphatic carbocycles. The Morgan fingerprint density at radius 1 is 1.14 bits per heavy atom. The first-order valence-corrected chi connectivity index (χ1v) is 10.4. The van der Waals surface area contributed by atoms with Gasteiger partial charge in [-0.3, -0.25) is 9.36 Å². The molecule has 0 saturated carbocycles. The molecule has 0 aliphatic heterocycles. The molecular weight excluding hydrogens is 461 g/mol. The van der Waals surface area contributed by atoms with Crippen LogP contribution < -0.4 is 22.3 Å². The van der Waals surface area contributed by atoms with Crippen LogP contribution in [0.5, 0.6) is 0 Å². The van der Waals surface area contributed by atoms with Crippen molar-refractivity contribution in [3.63, 3.8) is 0 Å². The standard InChI is InChI=1S/C23H19F3N8O/c1-11(30-20-14(10-27)19(28)32-23(29)33-20)21-31-16-7-3-6-15(24)18(16)22(35)34(21)13-5-2-4-12(8-13)9-17(25)26/h2-8,11,17H,9H2,1H3,(H5,28,29,30,32,33). The maximum atomic E-state index is 14.6. The fraction of sp³-hybridized carbons (Fsp3) is 0.174. The third-order valence-corrected chi connectivity index (χ3v) is 5.24. The van der Waals surface area contributed by atoms with E-state index in [2.05, 4.69) is 20.3 Å². The van der Waals surface area contributed by atoms with Crippen LogP contribution in [0.25, 0.3) is 16.6 Å². The number of halogens is 3. The molecule has 0 aliphatic rings. The van der Waals surface area contributed by atoms with Gasteiger partial charge in [0.25, 0.3) is 5.56 Å². The molecule has 0 spiro atoms. The SMILES string of the molecule is CC(Nc1nc(N)nc(N)c1C#N)c1nc2cccc(F)c2c(=O)n1-c1cccc(CC(F)F)c1. The number of anilines is 3. The fourth-order valence-electron chi connectivity index (χ4n) is 3.73. The van der Waals surface area contributed by atoms with Crippen LogP contribution in [0.1, 0.15) is 29.9 Å². The van der Waals surface area contributed by atoms with Gasteiger partial charge >= 0.3 is 0 Å². The van der Waals surface area contributed by atoms with Crippen molar-refractivity contribution in [3.05, 3.63) is 75.6 Å². The second-order valence-corrected chi connectivity index (χ2v) is 7.68. The zero-order valence-electron chi connectivity index (χ0n) is 18.3. The molecule has 178 valence electrons. The Morgan fingerprint density at radius 2 is 1.89 bits per heavy atom. The number of nitriles is 1. The van der Waals surface area contributed by atoms with Crippen molar-refractivity contribution in [1.29, 1.82) is 5.26 Å². The monoisotopic (exact) mass is 480 g/mol. The van der Waals surface area contributed by atoms with Gasteiger partial charge in [-0.2, -0.15) is 15.2 Å². The van der Waals surface area contributed by atoms with Crippen molar-refractivity contribution < 1.29 is 13.2 Å². The lowest BCUT2D eigenvalue weighted by Gasteiger charge is -2.21. The number of nitrogens with two attached hydrogens (primary N) is 2. The quantitative estimate of drug-likeness (QED) is 0.381. The number of nitrogens with zero attached hydrogens (tertiary/aromatic N) is 5. The first kappa shape index (κ1) is 23.5. The molecule has 4 aromatic rings. The maximum Gasteiger partial charge on any atom is 0.269 e. The zero-order valence-corrected chi connectivity index (χ0v) is 18.3. The molecule has 4 rings (SSSR count). The Hall–Kier alpha value is -4.66. The smallest absolute Gasteiger partial charge is 0.269 e. The highest BCUT2D eigenvalue weighted by Gasteiger charge is 2.22. The van der Waals surface area contributed by atoms with Gasteiger partial charge in [0.15, 0.2) is 5.82 Å². The minimum atomic E-state index is -2.59. The third-order valence-electron chi connectivity index (χ3n) is 5.24. The summed E-state index contributed by atoms with van der Waals surface area (Å²) < 4.78 is 41.7. The summed E-state index contributed by atoms with van der Waals surface area (Å²) in [4.78, 5) is 25.7. The summed E-state index contributed by atoms with van der Waals surface area (Å²) in [5, 5.41) is 12.2. The molecule has 1 atom stereocenters. The lowest BCUT2D eigenvalue weighted by atomic mass is 10.1. The number of hydrogen-bond acceptors (Lipinski definition) is 8. The van der Waals surface area contributed by atoms with Crippen LogP contribution in [0.3, 0.4) is 0 Å². The van der Waals surface area contributed by atoms with Gasteiger partial charge in [-0.15, -0.1) is 0 Å². The molecule has 0 fully saturated rings. The average molecular weight is 480 g/mol. The number of fused-ring (bicyclic) bond motifs is 1. The summed E-state index contributed by atoms with van der Waals surface area (Å²) in [5.41, 5.74) is 11.2. The van der Waals surface area contributed by atoms with Crippen molar-refractivity contribution in [1.82, 2.24) is 19.5 Å². The number of aromatic nitrogens is 4. The van der Waals surface area contributed by atoms with E-state index in [-0.39, 0.29) is 51.1 Å². The Labute approximate surface area is 196 Å². The number of nitrogens with one attached hydrogen (secondary N) is 1. The number of hydrogen-bond donors (Lipinski definition) is 3. The largest absolute Gasteiger partial charge is 0.382 e. The number of benzene rings is 2. The zero-order chi connectivity index (χ0) is 25.3. The Balaban J connectivity index is 1.93. The normalized spacial score (nSPS) is 12.0. The van der Waals surface area contributed by atoms with E-state index in [9.17, 15) is 23.2 Å². The highest BCUT2D eigenvalue weighted by Crippen LogP contribution is 2.26. The molecule has 2 aromatic carbocycles. The summed E-state index contributed by atoms with van der Waals surface area (Å²) in [6, 6.07) is 11.1. The molecule has 2 aromatic heterocycles. The molecule has 0 amide bonds. The molecule has 0 bridgehead atoms. The van der Waals surface area contributed by atoms with Crippen LogP contribution in [-0.4, -0.2) is 25.9 Å². The molecule has 1 unspecified atom stereocenters. The highest BCUT2D eigenvalue weighted by atomic mass is 19.3. The van der Waals surface area contributed by atoms with Gasteiger partial charge in [-0.05, 0) is 36.8 Å². The van der Waals surface area contributed by atoms with Crippen LogP contribution in [0, 0.1) is 17.1 Å². The van der Waals surface area contributed by atoms with E-state index >= 15 is 0 Å². The van der Waals surface area contributed by atoms with Gasteiger partial charge in [0, 0.05) is 6.42 Å². The van der Waals surface area contributed by atoms with Crippen molar-refractivity contribution >= 4 is 28.5 Å².